The number of nitrogens with zero attached hydrogens (tertiary/aromatic N) is 4. The van der Waals surface area contributed by atoms with Crippen molar-refractivity contribution in [2.24, 2.45) is 4.99 Å². The van der Waals surface area contributed by atoms with Crippen molar-refractivity contribution >= 4 is 11.6 Å². The molecule has 1 heterocycles. The maximum atomic E-state index is 4.43. The van der Waals surface area contributed by atoms with Crippen LogP contribution in [0.4, 0.5) is 5.69 Å². The summed E-state index contributed by atoms with van der Waals surface area (Å²) in [6.07, 6.45) is 2.38. The molecular weight excluding hydrogens is 372 g/mol. The van der Waals surface area contributed by atoms with Gasteiger partial charge in [0.25, 0.3) is 0 Å². The molecule has 0 saturated carbocycles. The van der Waals surface area contributed by atoms with Gasteiger partial charge in [0.2, 0.25) is 0 Å². The molecule has 1 aliphatic rings. The molecule has 1 fully saturated rings. The molecule has 2 N–H and O–H groups in total. The van der Waals surface area contributed by atoms with Gasteiger partial charge in [0.05, 0.1) is 0 Å². The van der Waals surface area contributed by atoms with Crippen molar-refractivity contribution in [2.45, 2.75) is 52.6 Å². The normalized spacial score (nSPS) is 17.8. The highest BCUT2D eigenvalue weighted by Crippen LogP contribution is 2.16. The largest absolute Gasteiger partial charge is 0.369 e. The molecule has 30 heavy (non-hydrogen) atoms. The molecular formula is C24H44N6. The number of aliphatic imine (C=N–C) groups is 1. The van der Waals surface area contributed by atoms with Gasteiger partial charge in [0, 0.05) is 57.5 Å². The van der Waals surface area contributed by atoms with Gasteiger partial charge in [-0.15, -0.1) is 0 Å². The molecule has 1 saturated heterocycles. The van der Waals surface area contributed by atoms with Gasteiger partial charge in [-0.3, -0.25) is 9.89 Å². The fraction of sp³-hybridized carbons (Fsp3) is 0.708. The predicted molar refractivity (Wildman–Crippen MR) is 131 cm³/mol. The van der Waals surface area contributed by atoms with Crippen molar-refractivity contribution in [1.29, 1.82) is 0 Å². The van der Waals surface area contributed by atoms with Gasteiger partial charge in [-0.2, -0.15) is 0 Å². The molecule has 0 amide bonds. The van der Waals surface area contributed by atoms with Crippen LogP contribution in [0.3, 0.4) is 0 Å². The van der Waals surface area contributed by atoms with Crippen LogP contribution in [0.2, 0.25) is 0 Å². The second-order valence-electron chi connectivity index (χ2n) is 8.38. The van der Waals surface area contributed by atoms with Crippen LogP contribution in [0.25, 0.3) is 0 Å². The molecule has 6 heteroatoms. The van der Waals surface area contributed by atoms with Gasteiger partial charge in [0.15, 0.2) is 5.96 Å². The van der Waals surface area contributed by atoms with E-state index in [0.29, 0.717) is 12.1 Å². The number of anilines is 1. The lowest BCUT2D eigenvalue weighted by Crippen LogP contribution is -2.53. The van der Waals surface area contributed by atoms with Gasteiger partial charge in [-0.05, 0) is 58.5 Å². The molecule has 2 rings (SSSR count). The molecule has 6 nitrogen and oxygen atoms in total. The second-order valence-corrected chi connectivity index (χ2v) is 8.38. The monoisotopic (exact) mass is 416 g/mol. The molecule has 0 radical (unpaired) electrons. The van der Waals surface area contributed by atoms with E-state index in [-0.39, 0.29) is 0 Å². The van der Waals surface area contributed by atoms with Crippen LogP contribution in [0, 0.1) is 0 Å². The molecule has 1 aromatic carbocycles. The summed E-state index contributed by atoms with van der Waals surface area (Å²) in [6, 6.07) is 11.7. The SMILES string of the molecule is CCN(CC)CCCC(C)NC(=NC)NCC(C)N1CCN(c2ccccc2)CC1. The average Bonchev–Trinajstić information content (AvgIpc) is 2.80. The minimum Gasteiger partial charge on any atom is -0.369 e. The number of guanidine groups is 1. The third kappa shape index (κ3) is 8.15. The number of benzene rings is 1. The minimum atomic E-state index is 0.427. The zero-order valence-electron chi connectivity index (χ0n) is 19.9. The highest BCUT2D eigenvalue weighted by atomic mass is 15.3. The molecule has 0 spiro atoms. The molecule has 2 atom stereocenters. The third-order valence-electron chi connectivity index (χ3n) is 6.24. The predicted octanol–water partition coefficient (Wildman–Crippen LogP) is 2.87. The molecule has 0 bridgehead atoms. The zero-order valence-corrected chi connectivity index (χ0v) is 19.9. The third-order valence-corrected chi connectivity index (χ3v) is 6.24. The summed E-state index contributed by atoms with van der Waals surface area (Å²) in [5.41, 5.74) is 1.34. The second kappa shape index (κ2) is 13.5. The summed E-state index contributed by atoms with van der Waals surface area (Å²) in [5.74, 6) is 0.917. The van der Waals surface area contributed by atoms with E-state index in [9.17, 15) is 0 Å². The summed E-state index contributed by atoms with van der Waals surface area (Å²) in [6.45, 7) is 17.8. The van der Waals surface area contributed by atoms with Crippen LogP contribution in [0.1, 0.15) is 40.5 Å². The van der Waals surface area contributed by atoms with Crippen molar-refractivity contribution in [2.75, 3.05) is 64.3 Å². The Morgan fingerprint density at radius 2 is 1.73 bits per heavy atom. The lowest BCUT2D eigenvalue weighted by molar-refractivity contribution is 0.197. The van der Waals surface area contributed by atoms with Crippen molar-refractivity contribution in [3.63, 3.8) is 0 Å². The summed E-state index contributed by atoms with van der Waals surface area (Å²) in [4.78, 5) is 12.0. The highest BCUT2D eigenvalue weighted by Gasteiger charge is 2.21. The number of para-hydroxylation sites is 1. The van der Waals surface area contributed by atoms with E-state index in [1.165, 1.54) is 18.7 Å². The van der Waals surface area contributed by atoms with E-state index in [0.717, 1.165) is 58.2 Å². The maximum absolute atomic E-state index is 4.43. The van der Waals surface area contributed by atoms with Gasteiger partial charge < -0.3 is 20.4 Å². The lowest BCUT2D eigenvalue weighted by atomic mass is 10.1. The van der Waals surface area contributed by atoms with Crippen molar-refractivity contribution in [3.8, 4) is 0 Å². The first-order chi connectivity index (χ1) is 14.6. The number of rotatable bonds is 11. The van der Waals surface area contributed by atoms with E-state index < -0.39 is 0 Å². The van der Waals surface area contributed by atoms with E-state index >= 15 is 0 Å². The molecule has 170 valence electrons. The first-order valence-corrected chi connectivity index (χ1v) is 11.8. The Morgan fingerprint density at radius 3 is 2.33 bits per heavy atom. The molecule has 1 aromatic rings. The van der Waals surface area contributed by atoms with Crippen molar-refractivity contribution in [1.82, 2.24) is 20.4 Å². The van der Waals surface area contributed by atoms with Gasteiger partial charge in [-0.1, -0.05) is 32.0 Å². The number of hydrogen-bond donors (Lipinski definition) is 2. The van der Waals surface area contributed by atoms with E-state index in [2.05, 4.69) is 88.4 Å². The fourth-order valence-corrected chi connectivity index (χ4v) is 4.09. The number of hydrogen-bond acceptors (Lipinski definition) is 4. The van der Waals surface area contributed by atoms with Crippen LogP contribution in [-0.4, -0.2) is 87.2 Å². The van der Waals surface area contributed by atoms with E-state index in [4.69, 9.17) is 0 Å². The Kier molecular flexibility index (Phi) is 11.0. The Morgan fingerprint density at radius 1 is 1.07 bits per heavy atom. The van der Waals surface area contributed by atoms with E-state index in [1.54, 1.807) is 0 Å². The average molecular weight is 417 g/mol. The molecule has 2 unspecified atom stereocenters. The number of piperazine rings is 1. The molecule has 0 aliphatic carbocycles. The van der Waals surface area contributed by atoms with Crippen LogP contribution in [-0.2, 0) is 0 Å². The van der Waals surface area contributed by atoms with Crippen LogP contribution >= 0.6 is 0 Å². The Labute approximate surface area is 184 Å². The topological polar surface area (TPSA) is 46.1 Å². The molecule has 0 aromatic heterocycles. The summed E-state index contributed by atoms with van der Waals surface area (Å²) in [5, 5.41) is 7.09. The number of nitrogens with one attached hydrogen (secondary N) is 2. The van der Waals surface area contributed by atoms with Crippen LogP contribution in [0.15, 0.2) is 35.3 Å². The Bertz CT molecular complexity index is 593. The summed E-state index contributed by atoms with van der Waals surface area (Å²) >= 11 is 0. The van der Waals surface area contributed by atoms with Gasteiger partial charge >= 0.3 is 0 Å². The van der Waals surface area contributed by atoms with Crippen molar-refractivity contribution in [3.05, 3.63) is 30.3 Å². The minimum absolute atomic E-state index is 0.427. The van der Waals surface area contributed by atoms with Gasteiger partial charge in [-0.25, -0.2) is 0 Å². The highest BCUT2D eigenvalue weighted by molar-refractivity contribution is 5.79. The lowest BCUT2D eigenvalue weighted by Gasteiger charge is -2.39. The smallest absolute Gasteiger partial charge is 0.191 e. The summed E-state index contributed by atoms with van der Waals surface area (Å²) in [7, 11) is 1.86. The van der Waals surface area contributed by atoms with Crippen LogP contribution < -0.4 is 15.5 Å². The summed E-state index contributed by atoms with van der Waals surface area (Å²) < 4.78 is 0. The Balaban J connectivity index is 1.67. The fourth-order valence-electron chi connectivity index (χ4n) is 4.09. The molecule has 1 aliphatic heterocycles. The standard InChI is InChI=1S/C24H44N6/c1-6-28(7-2)15-11-12-21(3)27-24(25-5)26-20-22(4)29-16-18-30(19-17-29)23-13-9-8-10-14-23/h8-10,13-14,21-22H,6-7,11-12,15-20H2,1-5H3,(H2,25,26,27). The van der Waals surface area contributed by atoms with Crippen molar-refractivity contribution < 1.29 is 0 Å². The maximum Gasteiger partial charge on any atom is 0.191 e. The Hall–Kier alpha value is -1.79. The van der Waals surface area contributed by atoms with Crippen LogP contribution in [0.5, 0.6) is 0 Å². The quantitative estimate of drug-likeness (QED) is 0.429. The zero-order chi connectivity index (χ0) is 21.8. The van der Waals surface area contributed by atoms with Gasteiger partial charge in [0.1, 0.15) is 0 Å². The first-order valence-electron chi connectivity index (χ1n) is 11.8. The first kappa shape index (κ1) is 24.5. The van der Waals surface area contributed by atoms with E-state index in [1.807, 2.05) is 7.05 Å².